The molecule has 27 heavy (non-hydrogen) atoms. The van der Waals surface area contributed by atoms with E-state index in [2.05, 4.69) is 52.0 Å². The fraction of sp³-hybridized carbons (Fsp3) is 0.708. The Hall–Kier alpha value is -1.51. The molecule has 152 valence electrons. The minimum atomic E-state index is -0.0831. The summed E-state index contributed by atoms with van der Waals surface area (Å²) in [6.07, 6.45) is 7.96. The second-order valence-electron chi connectivity index (χ2n) is 9.18. The van der Waals surface area contributed by atoms with Gasteiger partial charge in [0.25, 0.3) is 0 Å². The topological polar surface area (TPSA) is 35.5 Å². The average molecular weight is 375 g/mol. The first-order valence-corrected chi connectivity index (χ1v) is 10.7. The zero-order valence-corrected chi connectivity index (χ0v) is 17.9. The van der Waals surface area contributed by atoms with Gasteiger partial charge in [-0.05, 0) is 80.4 Å². The van der Waals surface area contributed by atoms with Gasteiger partial charge in [0, 0.05) is 0 Å². The maximum absolute atomic E-state index is 11.8. The number of carbonyl (C=O) groups is 1. The van der Waals surface area contributed by atoms with Crippen LogP contribution in [0.5, 0.6) is 5.75 Å². The zero-order chi connectivity index (χ0) is 19.9. The van der Waals surface area contributed by atoms with Crippen molar-refractivity contribution in [3.63, 3.8) is 0 Å². The summed E-state index contributed by atoms with van der Waals surface area (Å²) in [6.45, 7) is 11.3. The number of esters is 1. The van der Waals surface area contributed by atoms with Gasteiger partial charge >= 0.3 is 5.97 Å². The predicted octanol–water partition coefficient (Wildman–Crippen LogP) is 6.19. The molecule has 0 aliphatic heterocycles. The van der Waals surface area contributed by atoms with Crippen LogP contribution >= 0.6 is 0 Å². The molecule has 0 radical (unpaired) electrons. The van der Waals surface area contributed by atoms with E-state index < -0.39 is 0 Å². The van der Waals surface area contributed by atoms with E-state index in [1.54, 1.807) is 0 Å². The van der Waals surface area contributed by atoms with Gasteiger partial charge in [0.1, 0.15) is 5.75 Å². The van der Waals surface area contributed by atoms with Crippen LogP contribution in [0.3, 0.4) is 0 Å². The van der Waals surface area contributed by atoms with E-state index in [9.17, 15) is 4.79 Å². The summed E-state index contributed by atoms with van der Waals surface area (Å²) in [7, 11) is 0. The van der Waals surface area contributed by atoms with E-state index in [0.717, 1.165) is 18.6 Å². The fourth-order valence-electron chi connectivity index (χ4n) is 4.22. The summed E-state index contributed by atoms with van der Waals surface area (Å²) < 4.78 is 11.2. The van der Waals surface area contributed by atoms with Crippen LogP contribution in [-0.4, -0.2) is 18.7 Å². The van der Waals surface area contributed by atoms with Crippen molar-refractivity contribution < 1.29 is 14.3 Å². The first kappa shape index (κ1) is 21.8. The fourth-order valence-corrected chi connectivity index (χ4v) is 4.22. The Morgan fingerprint density at radius 3 is 2.33 bits per heavy atom. The van der Waals surface area contributed by atoms with Gasteiger partial charge in [0.2, 0.25) is 0 Å². The van der Waals surface area contributed by atoms with Crippen LogP contribution in [0.15, 0.2) is 24.3 Å². The van der Waals surface area contributed by atoms with Crippen molar-refractivity contribution in [2.75, 3.05) is 6.61 Å². The van der Waals surface area contributed by atoms with Crippen molar-refractivity contribution in [1.82, 2.24) is 0 Å². The van der Waals surface area contributed by atoms with Gasteiger partial charge in [-0.2, -0.15) is 0 Å². The van der Waals surface area contributed by atoms with Crippen LogP contribution in [0.1, 0.15) is 78.7 Å². The highest BCUT2D eigenvalue weighted by molar-refractivity contribution is 5.70. The minimum absolute atomic E-state index is 0.0289. The summed E-state index contributed by atoms with van der Waals surface area (Å²) in [4.78, 5) is 11.8. The van der Waals surface area contributed by atoms with E-state index in [1.807, 2.05) is 6.92 Å². The van der Waals surface area contributed by atoms with Crippen LogP contribution in [0.4, 0.5) is 0 Å². The van der Waals surface area contributed by atoms with E-state index in [-0.39, 0.29) is 11.4 Å². The third kappa shape index (κ3) is 7.56. The van der Waals surface area contributed by atoms with Crippen molar-refractivity contribution in [3.05, 3.63) is 29.8 Å². The SMILES string of the molecule is CCOC(=O)CC(C)(C)CC(C)C(C)Cc1ccc(OC2CCCC2)cc1. The molecule has 0 amide bonds. The van der Waals surface area contributed by atoms with Gasteiger partial charge < -0.3 is 9.47 Å². The van der Waals surface area contributed by atoms with Gasteiger partial charge in [-0.1, -0.05) is 39.8 Å². The average Bonchev–Trinajstić information content (AvgIpc) is 3.08. The standard InChI is InChI=1S/C24H38O3/c1-6-26-23(25)17-24(4,5)16-19(3)18(2)15-20-11-13-22(14-12-20)27-21-9-7-8-10-21/h11-14,18-19,21H,6-10,15-17H2,1-5H3. The maximum Gasteiger partial charge on any atom is 0.306 e. The Morgan fingerprint density at radius 2 is 1.74 bits per heavy atom. The van der Waals surface area contributed by atoms with Crippen LogP contribution < -0.4 is 4.74 Å². The monoisotopic (exact) mass is 374 g/mol. The summed E-state index contributed by atoms with van der Waals surface area (Å²) in [6, 6.07) is 8.65. The first-order valence-electron chi connectivity index (χ1n) is 10.7. The highest BCUT2D eigenvalue weighted by Gasteiger charge is 2.27. The molecule has 2 atom stereocenters. The molecule has 0 saturated heterocycles. The van der Waals surface area contributed by atoms with Gasteiger partial charge in [-0.15, -0.1) is 0 Å². The quantitative estimate of drug-likeness (QED) is 0.458. The van der Waals surface area contributed by atoms with E-state index in [0.29, 0.717) is 31.0 Å². The number of rotatable bonds is 10. The molecule has 3 nitrogen and oxygen atoms in total. The van der Waals surface area contributed by atoms with E-state index in [4.69, 9.17) is 9.47 Å². The Labute approximate surface area is 165 Å². The van der Waals surface area contributed by atoms with Gasteiger partial charge in [-0.3, -0.25) is 4.79 Å². The molecule has 2 unspecified atom stereocenters. The van der Waals surface area contributed by atoms with Crippen molar-refractivity contribution >= 4 is 5.97 Å². The van der Waals surface area contributed by atoms with E-state index in [1.165, 1.54) is 31.2 Å². The molecular weight excluding hydrogens is 336 g/mol. The lowest BCUT2D eigenvalue weighted by Gasteiger charge is -2.30. The predicted molar refractivity (Wildman–Crippen MR) is 111 cm³/mol. The van der Waals surface area contributed by atoms with Crippen LogP contribution in [0.25, 0.3) is 0 Å². The third-order valence-electron chi connectivity index (χ3n) is 5.86. The number of carbonyl (C=O) groups excluding carboxylic acids is 1. The molecule has 0 heterocycles. The van der Waals surface area contributed by atoms with Crippen molar-refractivity contribution in [1.29, 1.82) is 0 Å². The van der Waals surface area contributed by atoms with Crippen molar-refractivity contribution in [3.8, 4) is 5.75 Å². The Bertz CT molecular complexity index is 570. The summed E-state index contributed by atoms with van der Waals surface area (Å²) in [5, 5.41) is 0. The van der Waals surface area contributed by atoms with Gasteiger partial charge in [-0.25, -0.2) is 0 Å². The molecule has 0 bridgehead atoms. The lowest BCUT2D eigenvalue weighted by atomic mass is 9.75. The molecule has 0 spiro atoms. The smallest absolute Gasteiger partial charge is 0.306 e. The number of ether oxygens (including phenoxy) is 2. The van der Waals surface area contributed by atoms with Crippen molar-refractivity contribution in [2.45, 2.75) is 85.7 Å². The van der Waals surface area contributed by atoms with Crippen molar-refractivity contribution in [2.24, 2.45) is 17.3 Å². The van der Waals surface area contributed by atoms with Crippen LogP contribution in [0.2, 0.25) is 0 Å². The molecule has 0 N–H and O–H groups in total. The molecule has 1 aliphatic rings. The number of hydrogen-bond donors (Lipinski definition) is 0. The maximum atomic E-state index is 11.8. The summed E-state index contributed by atoms with van der Waals surface area (Å²) in [5.74, 6) is 2.03. The molecular formula is C24H38O3. The third-order valence-corrected chi connectivity index (χ3v) is 5.86. The second-order valence-corrected chi connectivity index (χ2v) is 9.18. The summed E-state index contributed by atoms with van der Waals surface area (Å²) in [5.41, 5.74) is 1.33. The lowest BCUT2D eigenvalue weighted by Crippen LogP contribution is -2.24. The molecule has 0 aromatic heterocycles. The van der Waals surface area contributed by atoms with E-state index >= 15 is 0 Å². The molecule has 1 aliphatic carbocycles. The summed E-state index contributed by atoms with van der Waals surface area (Å²) >= 11 is 0. The molecule has 3 heteroatoms. The molecule has 2 rings (SSSR count). The number of hydrogen-bond acceptors (Lipinski definition) is 3. The van der Waals surface area contributed by atoms with Crippen LogP contribution in [-0.2, 0) is 16.0 Å². The normalized spacial score (nSPS) is 17.5. The Balaban J connectivity index is 1.82. The number of benzene rings is 1. The van der Waals surface area contributed by atoms with Gasteiger partial charge in [0.15, 0.2) is 0 Å². The first-order chi connectivity index (χ1) is 12.8. The largest absolute Gasteiger partial charge is 0.490 e. The van der Waals surface area contributed by atoms with Crippen LogP contribution in [0, 0.1) is 17.3 Å². The highest BCUT2D eigenvalue weighted by Crippen LogP contribution is 2.34. The minimum Gasteiger partial charge on any atom is -0.490 e. The Kier molecular flexibility index (Phi) is 8.19. The highest BCUT2D eigenvalue weighted by atomic mass is 16.5. The molecule has 1 saturated carbocycles. The van der Waals surface area contributed by atoms with Gasteiger partial charge in [0.05, 0.1) is 19.1 Å². The zero-order valence-electron chi connectivity index (χ0n) is 17.9. The lowest BCUT2D eigenvalue weighted by molar-refractivity contribution is -0.145. The second kappa shape index (κ2) is 10.1. The molecule has 1 fully saturated rings. The Morgan fingerprint density at radius 1 is 1.11 bits per heavy atom. The molecule has 1 aromatic rings. The molecule has 1 aromatic carbocycles.